The van der Waals surface area contributed by atoms with Crippen molar-refractivity contribution in [1.29, 1.82) is 0 Å². The van der Waals surface area contributed by atoms with Crippen LogP contribution < -0.4 is 11.2 Å². The van der Waals surface area contributed by atoms with Crippen molar-refractivity contribution in [1.82, 2.24) is 9.55 Å². The van der Waals surface area contributed by atoms with E-state index in [2.05, 4.69) is 18.8 Å². The molecular weight excluding hydrogens is 693 g/mol. The molecule has 0 bridgehead atoms. The van der Waals surface area contributed by atoms with Gasteiger partial charge in [-0.3, -0.25) is 23.9 Å². The van der Waals surface area contributed by atoms with Crippen LogP contribution in [0.25, 0.3) is 0 Å². The molecule has 0 saturated carbocycles. The third kappa shape index (κ3) is 24.1. The first-order valence-corrected chi connectivity index (χ1v) is 23.2. The number of hydrogen-bond acceptors (Lipinski definition) is 7. The smallest absolute Gasteiger partial charge is 0.330 e. The van der Waals surface area contributed by atoms with Gasteiger partial charge >= 0.3 is 17.6 Å². The van der Waals surface area contributed by atoms with Crippen LogP contribution in [0.3, 0.4) is 0 Å². The summed E-state index contributed by atoms with van der Waals surface area (Å²) < 4.78 is 18.9. The van der Waals surface area contributed by atoms with Crippen LogP contribution in [0, 0.1) is 6.92 Å². The van der Waals surface area contributed by atoms with Gasteiger partial charge in [-0.1, -0.05) is 194 Å². The summed E-state index contributed by atoms with van der Waals surface area (Å²) in [5.41, 5.74) is -0.660. The van der Waals surface area contributed by atoms with E-state index < -0.39 is 29.7 Å². The quantitative estimate of drug-likeness (QED) is 0.0533. The Labute approximate surface area is 334 Å². The first-order valence-electron chi connectivity index (χ1n) is 23.2. The Morgan fingerprint density at radius 2 is 1.00 bits per heavy atom. The van der Waals surface area contributed by atoms with Gasteiger partial charge in [-0.25, -0.2) is 4.79 Å². The molecule has 55 heavy (non-hydrogen) atoms. The topological polar surface area (TPSA) is 117 Å². The number of carbonyl (C=O) groups excluding carboxylic acids is 2. The lowest BCUT2D eigenvalue weighted by atomic mass is 10.0. The summed E-state index contributed by atoms with van der Waals surface area (Å²) in [6.07, 6.45) is 38.2. The van der Waals surface area contributed by atoms with Gasteiger partial charge in [-0.2, -0.15) is 0 Å². The van der Waals surface area contributed by atoms with E-state index in [0.717, 1.165) is 38.5 Å². The molecule has 318 valence electrons. The van der Waals surface area contributed by atoms with Crippen LogP contribution in [0.15, 0.2) is 15.8 Å². The Hall–Kier alpha value is -2.42. The summed E-state index contributed by atoms with van der Waals surface area (Å²) in [6, 6.07) is 0. The van der Waals surface area contributed by atoms with E-state index in [-0.39, 0.29) is 25.0 Å². The van der Waals surface area contributed by atoms with E-state index in [4.69, 9.17) is 14.2 Å². The lowest BCUT2D eigenvalue weighted by Crippen LogP contribution is -2.33. The lowest BCUT2D eigenvalue weighted by molar-refractivity contribution is -0.158. The molecular formula is C46H82N2O7. The first kappa shape index (κ1) is 48.7. The average molecular weight is 775 g/mol. The van der Waals surface area contributed by atoms with Gasteiger partial charge < -0.3 is 14.2 Å². The second-order valence-electron chi connectivity index (χ2n) is 16.5. The fraction of sp³-hybridized carbons (Fsp3) is 0.870. The molecule has 3 atom stereocenters. The number of unbranched alkanes of at least 4 members (excludes halogenated alkanes) is 28. The largest absolute Gasteiger partial charge is 0.463 e. The molecule has 0 spiro atoms. The maximum Gasteiger partial charge on any atom is 0.330 e. The van der Waals surface area contributed by atoms with Crippen molar-refractivity contribution in [2.24, 2.45) is 0 Å². The molecule has 0 aromatic carbocycles. The second kappa shape index (κ2) is 32.6. The molecule has 1 aliphatic heterocycles. The summed E-state index contributed by atoms with van der Waals surface area (Å²) in [5, 5.41) is 0. The van der Waals surface area contributed by atoms with Gasteiger partial charge in [-0.15, -0.1) is 0 Å². The number of nitrogens with one attached hydrogen (secondary N) is 1. The Morgan fingerprint density at radius 1 is 0.618 bits per heavy atom. The van der Waals surface area contributed by atoms with Crippen LogP contribution in [-0.4, -0.2) is 40.3 Å². The number of aromatic amines is 1. The van der Waals surface area contributed by atoms with Crippen molar-refractivity contribution >= 4 is 11.9 Å². The summed E-state index contributed by atoms with van der Waals surface area (Å²) in [4.78, 5) is 52.4. The zero-order valence-electron chi connectivity index (χ0n) is 35.7. The van der Waals surface area contributed by atoms with Gasteiger partial charge in [0.2, 0.25) is 0 Å². The van der Waals surface area contributed by atoms with Gasteiger partial charge in [0.1, 0.15) is 25.0 Å². The number of hydrogen-bond donors (Lipinski definition) is 1. The highest BCUT2D eigenvalue weighted by molar-refractivity contribution is 5.70. The maximum atomic E-state index is 12.9. The molecule has 9 heteroatoms. The summed E-state index contributed by atoms with van der Waals surface area (Å²) in [6.45, 7) is 6.10. The summed E-state index contributed by atoms with van der Waals surface area (Å²) in [7, 11) is 0. The van der Waals surface area contributed by atoms with E-state index in [9.17, 15) is 19.2 Å². The molecule has 1 aromatic rings. The standard InChI is InChI=1S/C46H82N2O7/c1-4-6-8-10-12-14-16-18-20-22-24-26-28-30-32-34-43(49)53-38-41-40(36-42(54-41)48-37-39(3)45(51)47-46(48)52)55-44(50)35-33-31-29-27-25-23-21-19-17-15-13-11-9-7-5-2/h37,40-42H,4-36,38H2,1-3H3,(H,47,51,52)/t40-,41+,42+/m0/s1. The van der Waals surface area contributed by atoms with Crippen LogP contribution in [0.4, 0.5) is 0 Å². The lowest BCUT2D eigenvalue weighted by Gasteiger charge is -2.19. The summed E-state index contributed by atoms with van der Waals surface area (Å²) in [5.74, 6) is -0.593. The maximum absolute atomic E-state index is 12.9. The normalized spacial score (nSPS) is 16.8. The Bertz CT molecular complexity index is 1230. The molecule has 2 rings (SSSR count). The zero-order chi connectivity index (χ0) is 39.8. The molecule has 0 aliphatic carbocycles. The predicted octanol–water partition coefficient (Wildman–Crippen LogP) is 12.1. The van der Waals surface area contributed by atoms with Crippen LogP contribution in [0.5, 0.6) is 0 Å². The number of ether oxygens (including phenoxy) is 3. The van der Waals surface area contributed by atoms with Crippen LogP contribution in [0.1, 0.15) is 238 Å². The summed E-state index contributed by atoms with van der Waals surface area (Å²) >= 11 is 0. The van der Waals surface area contributed by atoms with Crippen molar-refractivity contribution in [2.75, 3.05) is 6.61 Å². The molecule has 9 nitrogen and oxygen atoms in total. The van der Waals surface area contributed by atoms with Crippen molar-refractivity contribution < 1.29 is 23.8 Å². The fourth-order valence-corrected chi connectivity index (χ4v) is 7.70. The van der Waals surface area contributed by atoms with Crippen LogP contribution in [-0.2, 0) is 23.8 Å². The average Bonchev–Trinajstić information content (AvgIpc) is 3.57. The van der Waals surface area contributed by atoms with E-state index in [0.29, 0.717) is 18.4 Å². The third-order valence-electron chi connectivity index (χ3n) is 11.3. The highest BCUT2D eigenvalue weighted by atomic mass is 16.6. The molecule has 1 fully saturated rings. The van der Waals surface area contributed by atoms with Crippen LogP contribution in [0.2, 0.25) is 0 Å². The number of esters is 2. The molecule has 1 saturated heterocycles. The molecule has 2 heterocycles. The first-order chi connectivity index (χ1) is 26.8. The van der Waals surface area contributed by atoms with Crippen molar-refractivity contribution in [3.63, 3.8) is 0 Å². The van der Waals surface area contributed by atoms with Gasteiger partial charge in [-0.05, 0) is 19.8 Å². The number of aromatic nitrogens is 2. The zero-order valence-corrected chi connectivity index (χ0v) is 35.7. The van der Waals surface area contributed by atoms with Crippen molar-refractivity contribution in [2.45, 2.75) is 251 Å². The van der Waals surface area contributed by atoms with E-state index in [1.165, 1.54) is 165 Å². The Kier molecular flexibility index (Phi) is 28.9. The molecule has 0 amide bonds. The van der Waals surface area contributed by atoms with Gasteiger partial charge in [0, 0.05) is 31.0 Å². The minimum Gasteiger partial charge on any atom is -0.463 e. The molecule has 1 aliphatic rings. The number of rotatable bonds is 36. The molecule has 1 aromatic heterocycles. The molecule has 1 N–H and O–H groups in total. The van der Waals surface area contributed by atoms with E-state index in [1.807, 2.05) is 0 Å². The number of carbonyl (C=O) groups is 2. The highest BCUT2D eigenvalue weighted by Gasteiger charge is 2.40. The highest BCUT2D eigenvalue weighted by Crippen LogP contribution is 2.31. The minimum absolute atomic E-state index is 0.0535. The van der Waals surface area contributed by atoms with Gasteiger partial charge in [0.15, 0.2) is 0 Å². The number of aryl methyl sites for hydroxylation is 1. The fourth-order valence-electron chi connectivity index (χ4n) is 7.70. The SMILES string of the molecule is CCCCCCCCCCCCCCCCCC(=O)OC[C@H]1O[C@@H](n2cc(C)c(=O)[nH]c2=O)C[C@@H]1OC(=O)CCCCCCCCCCCCCCCCC. The van der Waals surface area contributed by atoms with Crippen molar-refractivity contribution in [3.8, 4) is 0 Å². The van der Waals surface area contributed by atoms with E-state index in [1.54, 1.807) is 6.92 Å². The number of nitrogens with zero attached hydrogens (tertiary/aromatic N) is 1. The predicted molar refractivity (Wildman–Crippen MR) is 225 cm³/mol. The monoisotopic (exact) mass is 775 g/mol. The van der Waals surface area contributed by atoms with Crippen LogP contribution >= 0.6 is 0 Å². The molecule has 0 unspecified atom stereocenters. The second-order valence-corrected chi connectivity index (χ2v) is 16.5. The van der Waals surface area contributed by atoms with Gasteiger partial charge in [0.05, 0.1) is 0 Å². The number of H-pyrrole nitrogens is 1. The van der Waals surface area contributed by atoms with Gasteiger partial charge in [0.25, 0.3) is 5.56 Å². The van der Waals surface area contributed by atoms with Crippen molar-refractivity contribution in [3.05, 3.63) is 32.6 Å². The van der Waals surface area contributed by atoms with E-state index >= 15 is 0 Å². The Balaban J connectivity index is 1.63. The molecule has 0 radical (unpaired) electrons. The third-order valence-corrected chi connectivity index (χ3v) is 11.3. The minimum atomic E-state index is -0.745. The Morgan fingerprint density at radius 3 is 1.42 bits per heavy atom.